The van der Waals surface area contributed by atoms with Crippen LogP contribution in [0.5, 0.6) is 0 Å². The molecule has 0 spiro atoms. The number of carbonyl (C=O) groups is 1. The Labute approximate surface area is 175 Å². The molecule has 0 bridgehead atoms. The van der Waals surface area contributed by atoms with Gasteiger partial charge in [0, 0.05) is 43.8 Å². The van der Waals surface area contributed by atoms with Crippen molar-refractivity contribution >= 4 is 39.0 Å². The van der Waals surface area contributed by atoms with Gasteiger partial charge in [-0.25, -0.2) is 0 Å². The number of para-hydroxylation sites is 1. The van der Waals surface area contributed by atoms with Crippen LogP contribution >= 0.6 is 11.5 Å². The molecule has 1 amide bonds. The molecule has 2 heterocycles. The van der Waals surface area contributed by atoms with Crippen LogP contribution in [0.1, 0.15) is 23.2 Å². The van der Waals surface area contributed by atoms with Crippen molar-refractivity contribution in [3.05, 3.63) is 54.1 Å². The van der Waals surface area contributed by atoms with E-state index in [1.54, 1.807) is 23.7 Å². The van der Waals surface area contributed by atoms with Gasteiger partial charge in [0.05, 0.1) is 10.3 Å². The molecule has 1 aromatic heterocycles. The summed E-state index contributed by atoms with van der Waals surface area (Å²) in [4.78, 5) is 17.1. The van der Waals surface area contributed by atoms with Crippen molar-refractivity contribution in [3.63, 3.8) is 0 Å². The van der Waals surface area contributed by atoms with Crippen LogP contribution in [0.15, 0.2) is 48.5 Å². The number of nitrogens with zero attached hydrogens (tertiary/aromatic N) is 3. The van der Waals surface area contributed by atoms with Gasteiger partial charge in [0.2, 0.25) is 0 Å². The molecular formula is C22H27N5OS. The van der Waals surface area contributed by atoms with Gasteiger partial charge in [-0.3, -0.25) is 9.69 Å². The number of nitrogens with two attached hydrogens (primary N) is 1. The molecule has 0 saturated carbocycles. The number of aromatic nitrogens is 1. The summed E-state index contributed by atoms with van der Waals surface area (Å²) in [5.74, 6) is 1.04. The van der Waals surface area contributed by atoms with Gasteiger partial charge in [-0.2, -0.15) is 4.37 Å². The summed E-state index contributed by atoms with van der Waals surface area (Å²) in [7, 11) is 0. The summed E-state index contributed by atoms with van der Waals surface area (Å²) in [5, 5.41) is 4.23. The lowest BCUT2D eigenvalue weighted by molar-refractivity contribution is 0.0953. The molecule has 0 aliphatic carbocycles. The number of rotatable bonds is 7. The van der Waals surface area contributed by atoms with Crippen molar-refractivity contribution in [3.8, 4) is 0 Å². The van der Waals surface area contributed by atoms with Gasteiger partial charge in [-0.15, -0.1) is 0 Å². The first-order valence-corrected chi connectivity index (χ1v) is 10.9. The number of amides is 1. The van der Waals surface area contributed by atoms with Crippen molar-refractivity contribution in [1.82, 2.24) is 14.6 Å². The average molecular weight is 416 g/mol. The fourth-order valence-corrected chi connectivity index (χ4v) is 4.54. The van der Waals surface area contributed by atoms with E-state index >= 15 is 0 Å². The highest BCUT2D eigenvalue weighted by molar-refractivity contribution is 7.13. The van der Waals surface area contributed by atoms with E-state index in [1.165, 1.54) is 10.1 Å². The number of nitrogen functional groups attached to an aromatic ring is 1. The van der Waals surface area contributed by atoms with Gasteiger partial charge in [0.15, 0.2) is 0 Å². The van der Waals surface area contributed by atoms with Crippen LogP contribution in [0, 0.1) is 0 Å². The Morgan fingerprint density at radius 2 is 1.79 bits per heavy atom. The molecule has 29 heavy (non-hydrogen) atoms. The van der Waals surface area contributed by atoms with Crippen molar-refractivity contribution in [2.75, 3.05) is 49.9 Å². The van der Waals surface area contributed by atoms with Crippen molar-refractivity contribution < 1.29 is 4.79 Å². The van der Waals surface area contributed by atoms with Crippen LogP contribution in [-0.2, 0) is 0 Å². The molecule has 1 aliphatic heterocycles. The Hall–Kier alpha value is -2.64. The summed E-state index contributed by atoms with van der Waals surface area (Å²) in [6, 6.07) is 15.6. The van der Waals surface area contributed by atoms with E-state index in [2.05, 4.69) is 43.8 Å². The van der Waals surface area contributed by atoms with Crippen molar-refractivity contribution in [1.29, 1.82) is 0 Å². The third-order valence-corrected chi connectivity index (χ3v) is 6.24. The quantitative estimate of drug-likeness (QED) is 0.458. The van der Waals surface area contributed by atoms with E-state index in [4.69, 9.17) is 5.73 Å². The zero-order valence-electron chi connectivity index (χ0n) is 16.5. The molecule has 3 aromatic rings. The summed E-state index contributed by atoms with van der Waals surface area (Å²) in [6.45, 7) is 5.87. The van der Waals surface area contributed by atoms with E-state index in [1.807, 2.05) is 12.1 Å². The topological polar surface area (TPSA) is 74.5 Å². The average Bonchev–Trinajstić information content (AvgIpc) is 3.18. The fourth-order valence-electron chi connectivity index (χ4n) is 3.75. The Morgan fingerprint density at radius 3 is 2.62 bits per heavy atom. The number of hydrogen-bond donors (Lipinski definition) is 2. The highest BCUT2D eigenvalue weighted by atomic mass is 32.1. The molecule has 2 aromatic carbocycles. The number of fused-ring (bicyclic) bond motifs is 1. The SMILES string of the molecule is N[13c]1[13cH][13cH][13cH][13cH][13c]1C(=O)NCCCCN1CCN(c2nsc3ccccc23)CC1. The first-order valence-electron chi connectivity index (χ1n) is 10.2. The normalized spacial score (nSPS) is 15.0. The zero-order chi connectivity index (χ0) is 20.1. The van der Waals surface area contributed by atoms with Crippen LogP contribution in [0.4, 0.5) is 11.5 Å². The van der Waals surface area contributed by atoms with E-state index < -0.39 is 0 Å². The highest BCUT2D eigenvalue weighted by Gasteiger charge is 2.20. The van der Waals surface area contributed by atoms with Gasteiger partial charge < -0.3 is 16.0 Å². The Morgan fingerprint density at radius 1 is 1.03 bits per heavy atom. The maximum atomic E-state index is 12.2. The highest BCUT2D eigenvalue weighted by Crippen LogP contribution is 2.29. The monoisotopic (exact) mass is 415 g/mol. The first-order chi connectivity index (χ1) is 14.2. The number of piperazine rings is 1. The fraction of sp³-hybridized carbons (Fsp3) is 0.364. The summed E-state index contributed by atoms with van der Waals surface area (Å²) in [6.07, 6.45) is 2.04. The Kier molecular flexibility index (Phi) is 6.27. The lowest BCUT2D eigenvalue weighted by atomic mass is 10.2. The molecule has 6 nitrogen and oxygen atoms in total. The van der Waals surface area contributed by atoms with Crippen molar-refractivity contribution in [2.24, 2.45) is 0 Å². The van der Waals surface area contributed by atoms with Gasteiger partial charge in [0.1, 0.15) is 5.82 Å². The van der Waals surface area contributed by atoms with Gasteiger partial charge in [-0.05, 0) is 55.2 Å². The first kappa shape index (κ1) is 19.7. The summed E-state index contributed by atoms with van der Waals surface area (Å²) in [5.41, 5.74) is 6.93. The van der Waals surface area contributed by atoms with Gasteiger partial charge >= 0.3 is 0 Å². The van der Waals surface area contributed by atoms with E-state index in [0.29, 0.717) is 17.8 Å². The van der Waals surface area contributed by atoms with Gasteiger partial charge in [-0.1, -0.05) is 24.3 Å². The number of benzene rings is 2. The van der Waals surface area contributed by atoms with Crippen LogP contribution in [-0.4, -0.2) is 54.4 Å². The number of nitrogens with one attached hydrogen (secondary N) is 1. The molecule has 4 rings (SSSR count). The van der Waals surface area contributed by atoms with E-state index in [0.717, 1.165) is 51.4 Å². The standard InChI is InChI=1S/C22H27N5OS/c23-19-9-3-1-7-17(19)22(28)24-11-5-6-12-26-13-15-27(16-14-26)21-18-8-2-4-10-20(18)29-25-21/h1-4,7-10H,5-6,11-16,23H2,(H,24,28)/i1+1,3+1,7+1,9+1,17+1,19+1. The third-order valence-electron chi connectivity index (χ3n) is 5.42. The number of hydrogen-bond acceptors (Lipinski definition) is 6. The maximum absolute atomic E-state index is 12.2. The van der Waals surface area contributed by atoms with Gasteiger partial charge in [0.25, 0.3) is 5.91 Å². The Balaban J connectivity index is 1.16. The van der Waals surface area contributed by atoms with Crippen LogP contribution in [0.2, 0.25) is 0 Å². The molecule has 3 N–H and O–H groups in total. The second-order valence-corrected chi connectivity index (χ2v) is 8.19. The predicted octanol–water partition coefficient (Wildman–Crippen LogP) is 3.21. The predicted molar refractivity (Wildman–Crippen MR) is 121 cm³/mol. The van der Waals surface area contributed by atoms with E-state index in [-0.39, 0.29) is 5.91 Å². The van der Waals surface area contributed by atoms with Crippen molar-refractivity contribution in [2.45, 2.75) is 12.8 Å². The minimum absolute atomic E-state index is 0.0906. The maximum Gasteiger partial charge on any atom is 0.253 e. The summed E-state index contributed by atoms with van der Waals surface area (Å²) < 4.78 is 5.93. The molecule has 0 radical (unpaired) electrons. The lowest BCUT2D eigenvalue weighted by Gasteiger charge is -2.35. The van der Waals surface area contributed by atoms with Crippen LogP contribution in [0.25, 0.3) is 10.1 Å². The third kappa shape index (κ3) is 4.68. The second kappa shape index (κ2) is 9.24. The molecule has 7 heteroatoms. The smallest absolute Gasteiger partial charge is 0.253 e. The number of carbonyl (C=O) groups excluding carboxylic acids is 1. The van der Waals surface area contributed by atoms with Crippen LogP contribution < -0.4 is 16.0 Å². The number of anilines is 2. The molecular weight excluding hydrogens is 388 g/mol. The summed E-state index contributed by atoms with van der Waals surface area (Å²) >= 11 is 1.58. The largest absolute Gasteiger partial charge is 0.398 e. The molecule has 1 saturated heterocycles. The Bertz CT molecular complexity index is 965. The molecule has 1 fully saturated rings. The van der Waals surface area contributed by atoms with Crippen LogP contribution in [0.3, 0.4) is 0 Å². The van der Waals surface area contributed by atoms with E-state index in [9.17, 15) is 4.79 Å². The zero-order valence-corrected chi connectivity index (χ0v) is 17.3. The molecule has 152 valence electrons. The lowest BCUT2D eigenvalue weighted by Crippen LogP contribution is -2.46. The number of unbranched alkanes of at least 4 members (excludes halogenated alkanes) is 1. The minimum atomic E-state index is -0.0906. The molecule has 1 aliphatic rings. The molecule has 0 unspecified atom stereocenters. The molecule has 0 atom stereocenters. The second-order valence-electron chi connectivity index (χ2n) is 7.38. The minimum Gasteiger partial charge on any atom is -0.398 e.